The minimum atomic E-state index is -4.40. The number of carbonyl (C=O) groups excluding carboxylic acids is 2. The van der Waals surface area contributed by atoms with E-state index in [-0.39, 0.29) is 24.7 Å². The molecule has 0 bridgehead atoms. The summed E-state index contributed by atoms with van der Waals surface area (Å²) in [5.74, 6) is -0.796. The Morgan fingerprint density at radius 2 is 2.00 bits per heavy atom. The molecule has 0 saturated carbocycles. The second kappa shape index (κ2) is 7.98. The summed E-state index contributed by atoms with van der Waals surface area (Å²) in [7, 11) is 0. The lowest BCUT2D eigenvalue weighted by Crippen LogP contribution is -2.58. The second-order valence-electron chi connectivity index (χ2n) is 5.25. The average molecular weight is 345 g/mol. The van der Waals surface area contributed by atoms with Gasteiger partial charge in [0.1, 0.15) is 12.1 Å². The highest BCUT2D eigenvalue weighted by atomic mass is 35.5. The Morgan fingerprint density at radius 1 is 1.36 bits per heavy atom. The topological polar surface area (TPSA) is 73.5 Å². The molecular weight excluding hydrogens is 325 g/mol. The zero-order chi connectivity index (χ0) is 15.5. The smallest absolute Gasteiger partial charge is 0.352 e. The number of nitrogens with zero attached hydrogens (tertiary/aromatic N) is 1. The number of halogens is 4. The molecule has 2 saturated heterocycles. The molecule has 22 heavy (non-hydrogen) atoms. The normalized spacial score (nSPS) is 24.3. The van der Waals surface area contributed by atoms with Crippen LogP contribution in [0.1, 0.15) is 12.8 Å². The minimum absolute atomic E-state index is 0. The average Bonchev–Trinajstić information content (AvgIpc) is 2.85. The fraction of sp³-hybridized carbons (Fsp3) is 0.833. The van der Waals surface area contributed by atoms with Crippen molar-refractivity contribution in [2.45, 2.75) is 31.1 Å². The molecule has 2 fully saturated rings. The Balaban J connectivity index is 0.00000242. The largest absolute Gasteiger partial charge is 0.405 e. The molecule has 2 heterocycles. The second-order valence-corrected chi connectivity index (χ2v) is 5.25. The van der Waals surface area contributed by atoms with Crippen molar-refractivity contribution < 1.29 is 22.8 Å². The first kappa shape index (κ1) is 19.0. The molecule has 2 rings (SSSR count). The lowest BCUT2D eigenvalue weighted by Gasteiger charge is -2.36. The Labute approximate surface area is 132 Å². The third-order valence-electron chi connectivity index (χ3n) is 3.75. The third-order valence-corrected chi connectivity index (χ3v) is 3.75. The van der Waals surface area contributed by atoms with Gasteiger partial charge in [0.25, 0.3) is 0 Å². The number of piperazine rings is 1. The molecule has 0 spiro atoms. The van der Waals surface area contributed by atoms with Crippen LogP contribution in [0.25, 0.3) is 0 Å². The summed E-state index contributed by atoms with van der Waals surface area (Å²) in [6.45, 7) is 1.09. The Bertz CT molecular complexity index is 402. The number of alkyl halides is 3. The summed E-state index contributed by atoms with van der Waals surface area (Å²) < 4.78 is 39.3. The molecular formula is C12H20ClF3N4O2. The Hall–Kier alpha value is -1.06. The van der Waals surface area contributed by atoms with Crippen LogP contribution in [-0.4, -0.2) is 67.7 Å². The van der Waals surface area contributed by atoms with E-state index in [2.05, 4.69) is 16.0 Å². The summed E-state index contributed by atoms with van der Waals surface area (Å²) in [6.07, 6.45) is -3.84. The van der Waals surface area contributed by atoms with Crippen LogP contribution in [0, 0.1) is 0 Å². The van der Waals surface area contributed by atoms with Crippen LogP contribution in [0.15, 0.2) is 0 Å². The van der Waals surface area contributed by atoms with Crippen molar-refractivity contribution in [1.29, 1.82) is 0 Å². The number of nitrogens with one attached hydrogen (secondary N) is 3. The van der Waals surface area contributed by atoms with Crippen molar-refractivity contribution in [2.24, 2.45) is 0 Å². The standard InChI is InChI=1S/C12H19F3N4O2.ClH/c13-12(14,15)9(19-5-3-16-4-6-19)7-17-11(21)8-1-2-10(20)18-8;/h8-9,16H,1-7H2,(H,17,21)(H,18,20);1H/t8-,9?;/m0./s1. The first-order chi connectivity index (χ1) is 9.88. The van der Waals surface area contributed by atoms with E-state index in [0.29, 0.717) is 32.6 Å². The molecule has 0 aromatic carbocycles. The van der Waals surface area contributed by atoms with Gasteiger partial charge >= 0.3 is 6.18 Å². The van der Waals surface area contributed by atoms with Gasteiger partial charge in [0.05, 0.1) is 0 Å². The van der Waals surface area contributed by atoms with Crippen molar-refractivity contribution in [3.05, 3.63) is 0 Å². The molecule has 3 N–H and O–H groups in total. The highest BCUT2D eigenvalue weighted by molar-refractivity contribution is 5.90. The summed E-state index contributed by atoms with van der Waals surface area (Å²) >= 11 is 0. The molecule has 2 aliphatic rings. The zero-order valence-electron chi connectivity index (χ0n) is 11.9. The summed E-state index contributed by atoms with van der Waals surface area (Å²) in [6, 6.07) is -2.41. The van der Waals surface area contributed by atoms with Crippen molar-refractivity contribution >= 4 is 24.2 Å². The highest BCUT2D eigenvalue weighted by Crippen LogP contribution is 2.24. The van der Waals surface area contributed by atoms with Gasteiger partial charge in [-0.2, -0.15) is 13.2 Å². The maximum atomic E-state index is 13.1. The molecule has 2 aliphatic heterocycles. The summed E-state index contributed by atoms with van der Waals surface area (Å²) in [5.41, 5.74) is 0. The van der Waals surface area contributed by atoms with Crippen LogP contribution >= 0.6 is 12.4 Å². The van der Waals surface area contributed by atoms with E-state index >= 15 is 0 Å². The quantitative estimate of drug-likeness (QED) is 0.651. The third kappa shape index (κ3) is 4.99. The Kier molecular flexibility index (Phi) is 6.89. The molecule has 0 radical (unpaired) electrons. The molecule has 0 aromatic heterocycles. The summed E-state index contributed by atoms with van der Waals surface area (Å²) in [5, 5.41) is 7.74. The van der Waals surface area contributed by atoms with Gasteiger partial charge in [0.15, 0.2) is 0 Å². The van der Waals surface area contributed by atoms with Gasteiger partial charge < -0.3 is 16.0 Å². The van der Waals surface area contributed by atoms with E-state index < -0.39 is 30.7 Å². The van der Waals surface area contributed by atoms with E-state index in [4.69, 9.17) is 0 Å². The molecule has 2 amide bonds. The fourth-order valence-corrected chi connectivity index (χ4v) is 2.58. The molecule has 10 heteroatoms. The van der Waals surface area contributed by atoms with Crippen molar-refractivity contribution in [1.82, 2.24) is 20.9 Å². The van der Waals surface area contributed by atoms with E-state index in [1.165, 1.54) is 4.90 Å². The van der Waals surface area contributed by atoms with Gasteiger partial charge in [-0.25, -0.2) is 0 Å². The van der Waals surface area contributed by atoms with E-state index in [1.54, 1.807) is 0 Å². The number of amides is 2. The fourth-order valence-electron chi connectivity index (χ4n) is 2.58. The molecule has 0 aromatic rings. The first-order valence-corrected chi connectivity index (χ1v) is 6.96. The minimum Gasteiger partial charge on any atom is -0.352 e. The van der Waals surface area contributed by atoms with Crippen molar-refractivity contribution in [3.8, 4) is 0 Å². The maximum absolute atomic E-state index is 13.1. The van der Waals surface area contributed by atoms with Crippen molar-refractivity contribution in [3.63, 3.8) is 0 Å². The molecule has 1 unspecified atom stereocenters. The van der Waals surface area contributed by atoms with E-state index in [0.717, 1.165) is 0 Å². The molecule has 2 atom stereocenters. The van der Waals surface area contributed by atoms with Crippen LogP contribution < -0.4 is 16.0 Å². The maximum Gasteiger partial charge on any atom is 0.405 e. The van der Waals surface area contributed by atoms with Crippen molar-refractivity contribution in [2.75, 3.05) is 32.7 Å². The summed E-state index contributed by atoms with van der Waals surface area (Å²) in [4.78, 5) is 24.1. The SMILES string of the molecule is Cl.O=C1CC[C@@H](C(=O)NCC(N2CCNCC2)C(F)(F)F)N1. The molecule has 128 valence electrons. The van der Waals surface area contributed by atoms with Gasteiger partial charge in [-0.1, -0.05) is 0 Å². The molecule has 0 aliphatic carbocycles. The van der Waals surface area contributed by atoms with Gasteiger partial charge in [-0.05, 0) is 6.42 Å². The lowest BCUT2D eigenvalue weighted by atomic mass is 10.1. The van der Waals surface area contributed by atoms with Crippen LogP contribution in [-0.2, 0) is 9.59 Å². The van der Waals surface area contributed by atoms with E-state index in [9.17, 15) is 22.8 Å². The van der Waals surface area contributed by atoms with Gasteiger partial charge in [-0.3, -0.25) is 14.5 Å². The highest BCUT2D eigenvalue weighted by Gasteiger charge is 2.44. The molecule has 6 nitrogen and oxygen atoms in total. The van der Waals surface area contributed by atoms with E-state index in [1.807, 2.05) is 0 Å². The predicted molar refractivity (Wildman–Crippen MR) is 75.7 cm³/mol. The zero-order valence-corrected chi connectivity index (χ0v) is 12.7. The van der Waals surface area contributed by atoms with Crippen LogP contribution in [0.3, 0.4) is 0 Å². The lowest BCUT2D eigenvalue weighted by molar-refractivity contribution is -0.184. The van der Waals surface area contributed by atoms with Crippen LogP contribution in [0.4, 0.5) is 13.2 Å². The van der Waals surface area contributed by atoms with Crippen LogP contribution in [0.2, 0.25) is 0 Å². The van der Waals surface area contributed by atoms with Gasteiger partial charge in [0, 0.05) is 39.1 Å². The van der Waals surface area contributed by atoms with Gasteiger partial charge in [-0.15, -0.1) is 12.4 Å². The number of rotatable bonds is 4. The van der Waals surface area contributed by atoms with Crippen LogP contribution in [0.5, 0.6) is 0 Å². The monoisotopic (exact) mass is 344 g/mol. The number of hydrogen-bond donors (Lipinski definition) is 3. The predicted octanol–water partition coefficient (Wildman–Crippen LogP) is -0.361. The van der Waals surface area contributed by atoms with Gasteiger partial charge in [0.2, 0.25) is 11.8 Å². The Morgan fingerprint density at radius 3 is 2.50 bits per heavy atom. The number of hydrogen-bond acceptors (Lipinski definition) is 4. The first-order valence-electron chi connectivity index (χ1n) is 6.96. The number of carbonyl (C=O) groups is 2.